The maximum atomic E-state index is 11.1. The lowest BCUT2D eigenvalue weighted by atomic mass is 10.2. The van der Waals surface area contributed by atoms with Gasteiger partial charge in [-0.2, -0.15) is 0 Å². The van der Waals surface area contributed by atoms with Crippen LogP contribution in [0.25, 0.3) is 0 Å². The first-order valence-electron chi connectivity index (χ1n) is 5.30. The number of nitrogens with zero attached hydrogens (tertiary/aromatic N) is 1. The molecule has 0 fully saturated rings. The van der Waals surface area contributed by atoms with Crippen LogP contribution in [0.4, 0.5) is 5.69 Å². The molecule has 0 atom stereocenters. The molecule has 5 heteroatoms. The summed E-state index contributed by atoms with van der Waals surface area (Å²) in [5.41, 5.74) is 7.11. The fourth-order valence-electron chi connectivity index (χ4n) is 1.48. The lowest BCUT2D eigenvalue weighted by Crippen LogP contribution is -2.02. The lowest BCUT2D eigenvalue weighted by Gasteiger charge is -2.07. The SMILES string of the molecule is Cc1ccccc1Sc1ncc(N)cc1C(=O)O. The van der Waals surface area contributed by atoms with Gasteiger partial charge in [-0.25, -0.2) is 9.78 Å². The number of rotatable bonds is 3. The van der Waals surface area contributed by atoms with Gasteiger partial charge in [0, 0.05) is 4.90 Å². The number of aromatic nitrogens is 1. The Hall–Kier alpha value is -2.01. The lowest BCUT2D eigenvalue weighted by molar-refractivity contribution is 0.0692. The van der Waals surface area contributed by atoms with Crippen molar-refractivity contribution >= 4 is 23.4 Å². The predicted molar refractivity (Wildman–Crippen MR) is 70.9 cm³/mol. The number of nitrogens with two attached hydrogens (primary N) is 1. The van der Waals surface area contributed by atoms with Gasteiger partial charge in [-0.1, -0.05) is 30.0 Å². The first-order chi connectivity index (χ1) is 8.58. The van der Waals surface area contributed by atoms with Crippen molar-refractivity contribution < 1.29 is 9.90 Å². The Kier molecular flexibility index (Phi) is 3.53. The van der Waals surface area contributed by atoms with Crippen molar-refractivity contribution in [1.29, 1.82) is 0 Å². The number of hydrogen-bond donors (Lipinski definition) is 2. The van der Waals surface area contributed by atoms with E-state index >= 15 is 0 Å². The topological polar surface area (TPSA) is 76.2 Å². The van der Waals surface area contributed by atoms with Crippen molar-refractivity contribution in [1.82, 2.24) is 4.98 Å². The predicted octanol–water partition coefficient (Wildman–Crippen LogP) is 2.82. The van der Waals surface area contributed by atoms with E-state index in [4.69, 9.17) is 10.8 Å². The van der Waals surface area contributed by atoms with Gasteiger partial charge in [0.25, 0.3) is 0 Å². The number of carboxylic acid groups (broad SMARTS) is 1. The van der Waals surface area contributed by atoms with Gasteiger partial charge in [-0.05, 0) is 24.6 Å². The molecule has 0 spiro atoms. The Morgan fingerprint density at radius 2 is 2.11 bits per heavy atom. The molecule has 0 amide bonds. The normalized spacial score (nSPS) is 10.3. The first kappa shape index (κ1) is 12.4. The number of pyridine rings is 1. The zero-order chi connectivity index (χ0) is 13.1. The molecule has 3 N–H and O–H groups in total. The van der Waals surface area contributed by atoms with Gasteiger partial charge in [0.2, 0.25) is 0 Å². The van der Waals surface area contributed by atoms with Crippen LogP contribution >= 0.6 is 11.8 Å². The van der Waals surface area contributed by atoms with Gasteiger partial charge < -0.3 is 10.8 Å². The quantitative estimate of drug-likeness (QED) is 0.887. The van der Waals surface area contributed by atoms with Gasteiger partial charge in [0.1, 0.15) is 5.03 Å². The minimum Gasteiger partial charge on any atom is -0.478 e. The summed E-state index contributed by atoms with van der Waals surface area (Å²) < 4.78 is 0. The van der Waals surface area contributed by atoms with Crippen molar-refractivity contribution in [3.8, 4) is 0 Å². The van der Waals surface area contributed by atoms with Gasteiger partial charge in [-0.15, -0.1) is 0 Å². The van der Waals surface area contributed by atoms with Crippen LogP contribution in [0.5, 0.6) is 0 Å². The number of hydrogen-bond acceptors (Lipinski definition) is 4. The maximum Gasteiger partial charge on any atom is 0.338 e. The minimum absolute atomic E-state index is 0.128. The molecule has 0 saturated carbocycles. The van der Waals surface area contributed by atoms with Crippen LogP contribution < -0.4 is 5.73 Å². The molecule has 0 aliphatic heterocycles. The van der Waals surface area contributed by atoms with Crippen LogP contribution in [-0.4, -0.2) is 16.1 Å². The summed E-state index contributed by atoms with van der Waals surface area (Å²) in [6.45, 7) is 1.97. The van der Waals surface area contributed by atoms with E-state index in [0.717, 1.165) is 10.5 Å². The maximum absolute atomic E-state index is 11.1. The smallest absolute Gasteiger partial charge is 0.338 e. The van der Waals surface area contributed by atoms with Crippen molar-refractivity contribution in [3.05, 3.63) is 47.7 Å². The summed E-state index contributed by atoms with van der Waals surface area (Å²) in [7, 11) is 0. The zero-order valence-electron chi connectivity index (χ0n) is 9.75. The Balaban J connectivity index is 2.41. The number of aryl methyl sites for hydroxylation is 1. The molecule has 0 aliphatic carbocycles. The highest BCUT2D eigenvalue weighted by Gasteiger charge is 2.13. The third-order valence-corrected chi connectivity index (χ3v) is 3.60. The van der Waals surface area contributed by atoms with E-state index in [1.54, 1.807) is 0 Å². The molecule has 0 saturated heterocycles. The van der Waals surface area contributed by atoms with E-state index in [-0.39, 0.29) is 5.56 Å². The third kappa shape index (κ3) is 2.62. The second-order valence-electron chi connectivity index (χ2n) is 3.79. The zero-order valence-corrected chi connectivity index (χ0v) is 10.6. The summed E-state index contributed by atoms with van der Waals surface area (Å²) in [6.07, 6.45) is 1.47. The highest BCUT2D eigenvalue weighted by molar-refractivity contribution is 7.99. The summed E-state index contributed by atoms with van der Waals surface area (Å²) >= 11 is 1.33. The standard InChI is InChI=1S/C13H12N2O2S/c1-8-4-2-3-5-11(8)18-12-10(13(16)17)6-9(14)7-15-12/h2-7H,14H2,1H3,(H,16,17). The molecule has 1 aromatic heterocycles. The molecule has 1 aromatic carbocycles. The second kappa shape index (κ2) is 5.10. The first-order valence-corrected chi connectivity index (χ1v) is 6.12. The van der Waals surface area contributed by atoms with Crippen LogP contribution in [-0.2, 0) is 0 Å². The van der Waals surface area contributed by atoms with E-state index in [0.29, 0.717) is 10.7 Å². The fraction of sp³-hybridized carbons (Fsp3) is 0.0769. The number of nitrogen functional groups attached to an aromatic ring is 1. The molecular formula is C13H12N2O2S. The largest absolute Gasteiger partial charge is 0.478 e. The van der Waals surface area contributed by atoms with Crippen LogP contribution in [0.3, 0.4) is 0 Å². The minimum atomic E-state index is -1.02. The molecule has 2 aromatic rings. The molecule has 1 heterocycles. The van der Waals surface area contributed by atoms with Crippen molar-refractivity contribution in [3.63, 3.8) is 0 Å². The Labute approximate surface area is 109 Å². The molecule has 0 radical (unpaired) electrons. The highest BCUT2D eigenvalue weighted by atomic mass is 32.2. The van der Waals surface area contributed by atoms with Crippen LogP contribution in [0, 0.1) is 6.92 Å². The van der Waals surface area contributed by atoms with Crippen molar-refractivity contribution in [2.24, 2.45) is 0 Å². The van der Waals surface area contributed by atoms with Crippen molar-refractivity contribution in [2.75, 3.05) is 5.73 Å². The van der Waals surface area contributed by atoms with Gasteiger partial charge in [0.15, 0.2) is 0 Å². The molecule has 92 valence electrons. The second-order valence-corrected chi connectivity index (χ2v) is 4.82. The molecule has 18 heavy (non-hydrogen) atoms. The number of carbonyl (C=O) groups is 1. The number of carboxylic acids is 1. The van der Waals surface area contributed by atoms with Gasteiger partial charge in [-0.3, -0.25) is 0 Å². The van der Waals surface area contributed by atoms with Crippen LogP contribution in [0.2, 0.25) is 0 Å². The summed E-state index contributed by atoms with van der Waals surface area (Å²) in [6, 6.07) is 9.18. The number of benzene rings is 1. The summed E-state index contributed by atoms with van der Waals surface area (Å²) in [5, 5.41) is 9.58. The van der Waals surface area contributed by atoms with E-state index in [2.05, 4.69) is 4.98 Å². The Bertz CT molecular complexity index is 599. The molecule has 0 unspecified atom stereocenters. The van der Waals surface area contributed by atoms with E-state index in [1.807, 2.05) is 31.2 Å². The van der Waals surface area contributed by atoms with E-state index in [9.17, 15) is 4.79 Å². The number of aromatic carboxylic acids is 1. The highest BCUT2D eigenvalue weighted by Crippen LogP contribution is 2.31. The summed E-state index contributed by atoms with van der Waals surface area (Å²) in [4.78, 5) is 16.2. The van der Waals surface area contributed by atoms with E-state index in [1.165, 1.54) is 24.0 Å². The summed E-state index contributed by atoms with van der Waals surface area (Å²) in [5.74, 6) is -1.02. The molecule has 4 nitrogen and oxygen atoms in total. The van der Waals surface area contributed by atoms with Gasteiger partial charge in [0.05, 0.1) is 17.4 Å². The van der Waals surface area contributed by atoms with Crippen LogP contribution in [0.15, 0.2) is 46.5 Å². The molecule has 0 aliphatic rings. The average Bonchev–Trinajstić information content (AvgIpc) is 2.34. The van der Waals surface area contributed by atoms with Crippen molar-refractivity contribution in [2.45, 2.75) is 16.8 Å². The molecule has 2 rings (SSSR count). The van der Waals surface area contributed by atoms with E-state index < -0.39 is 5.97 Å². The monoisotopic (exact) mass is 260 g/mol. The van der Waals surface area contributed by atoms with Gasteiger partial charge >= 0.3 is 5.97 Å². The molecular weight excluding hydrogens is 248 g/mol. The van der Waals surface area contributed by atoms with Crippen LogP contribution in [0.1, 0.15) is 15.9 Å². The average molecular weight is 260 g/mol. The third-order valence-electron chi connectivity index (χ3n) is 2.40. The Morgan fingerprint density at radius 3 is 2.78 bits per heavy atom. The number of anilines is 1. The Morgan fingerprint density at radius 1 is 1.39 bits per heavy atom. The fourth-order valence-corrected chi connectivity index (χ4v) is 2.42. The molecule has 0 bridgehead atoms.